The summed E-state index contributed by atoms with van der Waals surface area (Å²) in [7, 11) is 2.62. The Labute approximate surface area is 331 Å². The summed E-state index contributed by atoms with van der Waals surface area (Å²) in [5, 5.41) is 38.1. The van der Waals surface area contributed by atoms with Crippen molar-refractivity contribution in [3.63, 3.8) is 0 Å². The second-order valence-corrected chi connectivity index (χ2v) is 15.5. The summed E-state index contributed by atoms with van der Waals surface area (Å²) in [6.45, 7) is 7.41. The van der Waals surface area contributed by atoms with Crippen LogP contribution in [0.25, 0.3) is 45.2 Å². The van der Waals surface area contributed by atoms with Crippen LogP contribution in [0.2, 0.25) is 10.0 Å². The minimum absolute atomic E-state index is 0.108. The van der Waals surface area contributed by atoms with Crippen molar-refractivity contribution in [3.05, 3.63) is 93.5 Å². The molecule has 0 saturated heterocycles. The normalized spacial score (nSPS) is 21.4. The summed E-state index contributed by atoms with van der Waals surface area (Å²) in [5.74, 6) is -0.553. The second-order valence-electron chi connectivity index (χ2n) is 14.7. The highest BCUT2D eigenvalue weighted by atomic mass is 35.5. The number of nitrogens with zero attached hydrogens (tertiary/aromatic N) is 6. The highest BCUT2D eigenvalue weighted by molar-refractivity contribution is 6.34. The van der Waals surface area contributed by atoms with Crippen molar-refractivity contribution in [3.8, 4) is 45.2 Å². The van der Waals surface area contributed by atoms with Crippen molar-refractivity contribution in [1.82, 2.24) is 29.9 Å². The van der Waals surface area contributed by atoms with E-state index < -0.39 is 23.1 Å². The van der Waals surface area contributed by atoms with Gasteiger partial charge in [-0.25, -0.2) is 9.59 Å². The summed E-state index contributed by atoms with van der Waals surface area (Å²) in [5.41, 5.74) is 3.86. The molecule has 4 aromatic heterocycles. The lowest BCUT2D eigenvalue weighted by atomic mass is 9.77. The molecule has 0 aliphatic heterocycles. The van der Waals surface area contributed by atoms with Gasteiger partial charge in [0, 0.05) is 22.5 Å². The first-order valence-electron chi connectivity index (χ1n) is 17.8. The van der Waals surface area contributed by atoms with Crippen molar-refractivity contribution in [2.45, 2.75) is 76.7 Å². The van der Waals surface area contributed by atoms with E-state index in [9.17, 15) is 19.8 Å². The first kappa shape index (κ1) is 39.0. The summed E-state index contributed by atoms with van der Waals surface area (Å²) in [4.78, 5) is 25.1. The molecule has 2 fully saturated rings. The lowest BCUT2D eigenvalue weighted by Gasteiger charge is -2.41. The van der Waals surface area contributed by atoms with Gasteiger partial charge in [0.05, 0.1) is 71.1 Å². The average Bonchev–Trinajstić information content (AvgIpc) is 3.94. The van der Waals surface area contributed by atoms with Crippen LogP contribution in [0.3, 0.4) is 0 Å². The summed E-state index contributed by atoms with van der Waals surface area (Å²) >= 11 is 12.6. The number of aromatic nitrogens is 6. The van der Waals surface area contributed by atoms with E-state index >= 15 is 0 Å². The van der Waals surface area contributed by atoms with Gasteiger partial charge in [0.25, 0.3) is 0 Å². The standard InChI is InChI=1S/2C20H20ClN3O4/c2*1-11-14(10-22-24(11)12-8-20(2,26)9-12)18-16(19(25)27-3)17(23-28-18)13-6-4-5-7-15(13)21/h2*4-7,10,12,26H,8-9H2,1-3H3. The second kappa shape index (κ2) is 15.0. The molecule has 2 aromatic carbocycles. The molecule has 0 amide bonds. The number of methoxy groups -OCH3 is 2. The van der Waals surface area contributed by atoms with Crippen molar-refractivity contribution < 1.29 is 38.3 Å². The van der Waals surface area contributed by atoms with E-state index in [0.717, 1.165) is 11.4 Å². The number of aliphatic hydroxyl groups is 2. The van der Waals surface area contributed by atoms with E-state index in [1.165, 1.54) is 14.2 Å². The predicted molar refractivity (Wildman–Crippen MR) is 206 cm³/mol. The van der Waals surface area contributed by atoms with E-state index in [0.29, 0.717) is 69.4 Å². The van der Waals surface area contributed by atoms with Gasteiger partial charge in [-0.1, -0.05) is 69.9 Å². The van der Waals surface area contributed by atoms with Gasteiger partial charge in [0.15, 0.2) is 11.5 Å². The Balaban J connectivity index is 0.000000172. The smallest absolute Gasteiger partial charge is 0.344 e. The van der Waals surface area contributed by atoms with Crippen LogP contribution in [-0.4, -0.2) is 77.4 Å². The minimum Gasteiger partial charge on any atom is -0.465 e. The summed E-state index contributed by atoms with van der Waals surface area (Å²) < 4.78 is 24.8. The van der Waals surface area contributed by atoms with Crippen molar-refractivity contribution >= 4 is 35.1 Å². The number of rotatable bonds is 8. The highest BCUT2D eigenvalue weighted by Gasteiger charge is 2.42. The van der Waals surface area contributed by atoms with E-state index in [1.54, 1.807) is 48.8 Å². The summed E-state index contributed by atoms with van der Waals surface area (Å²) in [6, 6.07) is 14.4. The molecule has 6 aromatic rings. The number of benzene rings is 2. The zero-order chi connectivity index (χ0) is 40.1. The first-order chi connectivity index (χ1) is 26.6. The van der Waals surface area contributed by atoms with Crippen LogP contribution >= 0.6 is 23.2 Å². The topological polar surface area (TPSA) is 181 Å². The third kappa shape index (κ3) is 7.13. The molecule has 4 heterocycles. The maximum Gasteiger partial charge on any atom is 0.344 e. The van der Waals surface area contributed by atoms with E-state index in [4.69, 9.17) is 41.7 Å². The zero-order valence-corrected chi connectivity index (χ0v) is 33.1. The Kier molecular flexibility index (Phi) is 10.4. The monoisotopic (exact) mass is 802 g/mol. The quantitative estimate of drug-likeness (QED) is 0.141. The fourth-order valence-electron chi connectivity index (χ4n) is 7.49. The van der Waals surface area contributed by atoms with Crippen molar-refractivity contribution in [2.24, 2.45) is 0 Å². The fourth-order valence-corrected chi connectivity index (χ4v) is 7.94. The van der Waals surface area contributed by atoms with E-state index in [2.05, 4.69) is 20.5 Å². The van der Waals surface area contributed by atoms with Gasteiger partial charge in [0.2, 0.25) is 0 Å². The third-order valence-electron chi connectivity index (χ3n) is 10.4. The van der Waals surface area contributed by atoms with E-state index in [-0.39, 0.29) is 34.7 Å². The molecule has 0 spiro atoms. The average molecular weight is 804 g/mol. The van der Waals surface area contributed by atoms with Crippen LogP contribution in [0, 0.1) is 13.8 Å². The Morgan fingerprint density at radius 1 is 0.679 bits per heavy atom. The maximum atomic E-state index is 12.6. The van der Waals surface area contributed by atoms with Crippen molar-refractivity contribution in [1.29, 1.82) is 0 Å². The number of halogens is 2. The lowest BCUT2D eigenvalue weighted by molar-refractivity contribution is -0.0553. The van der Waals surface area contributed by atoms with Gasteiger partial charge in [-0.15, -0.1) is 0 Å². The molecule has 2 aliphatic carbocycles. The molecule has 16 heteroatoms. The molecule has 2 N–H and O–H groups in total. The molecule has 0 unspecified atom stereocenters. The third-order valence-corrected chi connectivity index (χ3v) is 11.1. The number of hydrogen-bond donors (Lipinski definition) is 2. The van der Waals surface area contributed by atoms with Gasteiger partial charge in [-0.05, 0) is 65.5 Å². The number of ether oxygens (including phenoxy) is 2. The molecule has 8 rings (SSSR count). The zero-order valence-electron chi connectivity index (χ0n) is 31.5. The molecule has 56 heavy (non-hydrogen) atoms. The minimum atomic E-state index is -0.663. The number of hydrogen-bond acceptors (Lipinski definition) is 12. The molecular formula is C40H40Cl2N6O8. The molecule has 2 saturated carbocycles. The van der Waals surface area contributed by atoms with Crippen LogP contribution < -0.4 is 0 Å². The number of carbonyl (C=O) groups excluding carboxylic acids is 2. The number of esters is 2. The van der Waals surface area contributed by atoms with Gasteiger partial charge < -0.3 is 28.7 Å². The van der Waals surface area contributed by atoms with E-state index in [1.807, 2.05) is 49.2 Å². The Hall–Kier alpha value is -5.28. The number of carbonyl (C=O) groups is 2. The molecule has 0 bridgehead atoms. The van der Waals surface area contributed by atoms with Gasteiger partial charge in [-0.3, -0.25) is 9.36 Å². The molecule has 0 atom stereocenters. The highest BCUT2D eigenvalue weighted by Crippen LogP contribution is 2.45. The van der Waals surface area contributed by atoms with Gasteiger partial charge in [0.1, 0.15) is 22.5 Å². The summed E-state index contributed by atoms with van der Waals surface area (Å²) in [6.07, 6.45) is 5.79. The van der Waals surface area contributed by atoms with Gasteiger partial charge >= 0.3 is 11.9 Å². The van der Waals surface area contributed by atoms with Crippen LogP contribution in [0.4, 0.5) is 0 Å². The SMILES string of the molecule is COC(=O)c1c(-c2ccccc2Cl)noc1-c1cnn(C2CC(C)(O)C2)c1C.COC(=O)c1c(-c2ccccc2Cl)noc1-c1cnn(C2CC(C)(O)C2)c1C. The first-order valence-corrected chi connectivity index (χ1v) is 18.6. The van der Waals surface area contributed by atoms with Crippen LogP contribution in [0.15, 0.2) is 70.0 Å². The van der Waals surface area contributed by atoms with Crippen LogP contribution in [0.5, 0.6) is 0 Å². The van der Waals surface area contributed by atoms with Crippen LogP contribution in [-0.2, 0) is 9.47 Å². The Morgan fingerprint density at radius 3 is 1.36 bits per heavy atom. The molecule has 292 valence electrons. The van der Waals surface area contributed by atoms with Crippen molar-refractivity contribution in [2.75, 3.05) is 14.2 Å². The maximum absolute atomic E-state index is 12.6. The Bertz CT molecular complexity index is 2260. The Morgan fingerprint density at radius 2 is 1.04 bits per heavy atom. The lowest BCUT2D eigenvalue weighted by Crippen LogP contribution is -2.42. The van der Waals surface area contributed by atoms with Gasteiger partial charge in [-0.2, -0.15) is 10.2 Å². The van der Waals surface area contributed by atoms with Crippen LogP contribution in [0.1, 0.15) is 83.7 Å². The molecule has 0 radical (unpaired) electrons. The molecular weight excluding hydrogens is 763 g/mol. The molecule has 14 nitrogen and oxygen atoms in total. The predicted octanol–water partition coefficient (Wildman–Crippen LogP) is 8.08. The fraction of sp³-hybridized carbons (Fsp3) is 0.350. The molecule has 2 aliphatic rings. The largest absolute Gasteiger partial charge is 0.465 e.